The number of allylic oxidation sites excluding steroid dienone is 2. The summed E-state index contributed by atoms with van der Waals surface area (Å²) in [5.41, 5.74) is 4.19. The van der Waals surface area contributed by atoms with Gasteiger partial charge in [0.25, 0.3) is 5.91 Å². The lowest BCUT2D eigenvalue weighted by Crippen LogP contribution is -2.48. The maximum Gasteiger partial charge on any atom is 0.335 e. The molecule has 0 unspecified atom stereocenters. The van der Waals surface area contributed by atoms with Gasteiger partial charge in [-0.05, 0) is 41.8 Å². The van der Waals surface area contributed by atoms with Crippen LogP contribution < -0.4 is 0 Å². The van der Waals surface area contributed by atoms with Crippen molar-refractivity contribution in [1.29, 1.82) is 0 Å². The standard InChI is InChI=1S/C33H29F2N3O3/c1-32(2)24(19-8-10-20(11-9-19)31(40)41)12-14-33(3)18-38(15-13-27(32)33)30(39)23-7-5-4-6-22(23)29-36-26-17-21(34)16-25(35)28(26)37-29/h4-13,16-17H,14-15,18H2,1-3H3,(H,36,37)(H,40,41)/t33-/m1/s1. The third kappa shape index (κ3) is 4.43. The molecular formula is C33H29F2N3O3. The van der Waals surface area contributed by atoms with Gasteiger partial charge in [0.2, 0.25) is 0 Å². The molecule has 1 aromatic heterocycles. The van der Waals surface area contributed by atoms with Crippen LogP contribution in [-0.4, -0.2) is 44.9 Å². The summed E-state index contributed by atoms with van der Waals surface area (Å²) in [7, 11) is 0. The first-order valence-corrected chi connectivity index (χ1v) is 13.5. The van der Waals surface area contributed by atoms with E-state index in [1.165, 1.54) is 11.6 Å². The molecule has 6 nitrogen and oxygen atoms in total. The number of carbonyl (C=O) groups is 2. The lowest BCUT2D eigenvalue weighted by Gasteiger charge is -2.50. The zero-order valence-electron chi connectivity index (χ0n) is 23.0. The number of amides is 1. The Hall–Kier alpha value is -4.59. The highest BCUT2D eigenvalue weighted by molar-refractivity contribution is 6.01. The van der Waals surface area contributed by atoms with E-state index in [4.69, 9.17) is 0 Å². The first-order valence-electron chi connectivity index (χ1n) is 13.5. The summed E-state index contributed by atoms with van der Waals surface area (Å²) in [6.07, 6.45) is 5.07. The Bertz CT molecular complexity index is 1790. The van der Waals surface area contributed by atoms with Crippen molar-refractivity contribution in [3.05, 3.63) is 107 Å². The highest BCUT2D eigenvalue weighted by Gasteiger charge is 2.46. The lowest BCUT2D eigenvalue weighted by molar-refractivity contribution is 0.0679. The fourth-order valence-corrected chi connectivity index (χ4v) is 6.57. The first kappa shape index (κ1) is 26.6. The molecule has 208 valence electrons. The Morgan fingerprint density at radius 3 is 2.46 bits per heavy atom. The summed E-state index contributed by atoms with van der Waals surface area (Å²) in [5, 5.41) is 9.28. The van der Waals surface area contributed by atoms with E-state index in [1.807, 2.05) is 17.0 Å². The maximum absolute atomic E-state index is 14.3. The molecule has 4 aromatic rings. The molecule has 0 saturated carbocycles. The molecule has 6 rings (SSSR count). The topological polar surface area (TPSA) is 86.3 Å². The zero-order chi connectivity index (χ0) is 29.1. The van der Waals surface area contributed by atoms with Crippen LogP contribution in [0.1, 0.15) is 53.5 Å². The normalized spacial score (nSPS) is 19.9. The molecule has 0 saturated heterocycles. The highest BCUT2D eigenvalue weighted by atomic mass is 19.1. The Morgan fingerprint density at radius 1 is 1.00 bits per heavy atom. The summed E-state index contributed by atoms with van der Waals surface area (Å²) >= 11 is 0. The average Bonchev–Trinajstić information content (AvgIpc) is 3.36. The molecule has 8 heteroatoms. The monoisotopic (exact) mass is 553 g/mol. The number of aromatic nitrogens is 2. The number of imidazole rings is 1. The Kier molecular flexibility index (Phi) is 6.17. The van der Waals surface area contributed by atoms with E-state index in [2.05, 4.69) is 42.9 Å². The van der Waals surface area contributed by atoms with E-state index in [9.17, 15) is 23.5 Å². The van der Waals surface area contributed by atoms with E-state index < -0.39 is 17.6 Å². The van der Waals surface area contributed by atoms with Gasteiger partial charge in [0.05, 0.1) is 16.6 Å². The molecule has 3 aromatic carbocycles. The van der Waals surface area contributed by atoms with Crippen molar-refractivity contribution < 1.29 is 23.5 Å². The molecule has 41 heavy (non-hydrogen) atoms. The SMILES string of the molecule is CC1(C)C(c2ccc(C(=O)O)cc2)=CC[C@]2(C)CN(C(=O)c3ccccc3-c3nc4c(F)cc(F)cc4[nH]3)CC=C12. The number of carboxylic acid groups (broad SMARTS) is 1. The number of aromatic carboxylic acids is 1. The van der Waals surface area contributed by atoms with Gasteiger partial charge in [-0.1, -0.05) is 68.8 Å². The molecule has 0 radical (unpaired) electrons. The predicted molar refractivity (Wildman–Crippen MR) is 153 cm³/mol. The van der Waals surface area contributed by atoms with Crippen LogP contribution >= 0.6 is 0 Å². The second kappa shape index (κ2) is 9.51. The maximum atomic E-state index is 14.3. The Balaban J connectivity index is 1.30. The van der Waals surface area contributed by atoms with Gasteiger partial charge in [0.15, 0.2) is 5.82 Å². The molecule has 1 amide bonds. The number of H-pyrrole nitrogens is 1. The van der Waals surface area contributed by atoms with Crippen LogP contribution in [0.2, 0.25) is 0 Å². The van der Waals surface area contributed by atoms with Gasteiger partial charge in [-0.25, -0.2) is 18.6 Å². The summed E-state index contributed by atoms with van der Waals surface area (Å²) in [6.45, 7) is 7.44. The molecule has 2 N–H and O–H groups in total. The summed E-state index contributed by atoms with van der Waals surface area (Å²) in [5.74, 6) is -2.29. The van der Waals surface area contributed by atoms with E-state index in [0.717, 1.165) is 23.6 Å². The number of nitrogens with zero attached hydrogens (tertiary/aromatic N) is 2. The fraction of sp³-hybridized carbons (Fsp3) is 0.242. The first-order chi connectivity index (χ1) is 19.5. The summed E-state index contributed by atoms with van der Waals surface area (Å²) in [4.78, 5) is 34.4. The third-order valence-corrected chi connectivity index (χ3v) is 8.46. The quantitative estimate of drug-likeness (QED) is 0.264. The van der Waals surface area contributed by atoms with Crippen molar-refractivity contribution in [3.63, 3.8) is 0 Å². The van der Waals surface area contributed by atoms with E-state index >= 15 is 0 Å². The highest BCUT2D eigenvalue weighted by Crippen LogP contribution is 2.55. The Labute approximate surface area is 236 Å². The van der Waals surface area contributed by atoms with Crippen molar-refractivity contribution in [2.24, 2.45) is 10.8 Å². The van der Waals surface area contributed by atoms with Crippen molar-refractivity contribution >= 4 is 28.5 Å². The van der Waals surface area contributed by atoms with Crippen molar-refractivity contribution in [2.75, 3.05) is 13.1 Å². The number of hydrogen-bond donors (Lipinski definition) is 2. The van der Waals surface area contributed by atoms with Crippen LogP contribution in [0, 0.1) is 22.5 Å². The third-order valence-electron chi connectivity index (χ3n) is 8.46. The number of hydrogen-bond acceptors (Lipinski definition) is 3. The predicted octanol–water partition coefficient (Wildman–Crippen LogP) is 7.11. The van der Waals surface area contributed by atoms with Crippen LogP contribution in [-0.2, 0) is 0 Å². The van der Waals surface area contributed by atoms with Gasteiger partial charge in [-0.15, -0.1) is 0 Å². The fourth-order valence-electron chi connectivity index (χ4n) is 6.57. The molecule has 1 atom stereocenters. The van der Waals surface area contributed by atoms with Crippen molar-refractivity contribution in [3.8, 4) is 11.4 Å². The average molecular weight is 554 g/mol. The molecule has 0 bridgehead atoms. The van der Waals surface area contributed by atoms with Gasteiger partial charge < -0.3 is 15.0 Å². The Morgan fingerprint density at radius 2 is 1.73 bits per heavy atom. The minimum Gasteiger partial charge on any atom is -0.478 e. The smallest absolute Gasteiger partial charge is 0.335 e. The minimum absolute atomic E-state index is 0.0198. The molecule has 1 aliphatic carbocycles. The molecule has 0 spiro atoms. The van der Waals surface area contributed by atoms with Crippen molar-refractivity contribution in [1.82, 2.24) is 14.9 Å². The lowest BCUT2D eigenvalue weighted by atomic mass is 9.58. The van der Waals surface area contributed by atoms with Crippen LogP contribution in [0.3, 0.4) is 0 Å². The molecule has 0 fully saturated rings. The minimum atomic E-state index is -0.955. The number of carboxylic acids is 1. The van der Waals surface area contributed by atoms with Gasteiger partial charge in [-0.2, -0.15) is 0 Å². The van der Waals surface area contributed by atoms with E-state index in [-0.39, 0.29) is 33.3 Å². The van der Waals surface area contributed by atoms with Crippen LogP contribution in [0.5, 0.6) is 0 Å². The number of carbonyl (C=O) groups excluding carboxylic acids is 1. The number of aromatic amines is 1. The van der Waals surface area contributed by atoms with Crippen molar-refractivity contribution in [2.45, 2.75) is 27.2 Å². The number of fused-ring (bicyclic) bond motifs is 2. The number of rotatable bonds is 4. The van der Waals surface area contributed by atoms with E-state index in [1.54, 1.807) is 36.4 Å². The van der Waals surface area contributed by atoms with Crippen LogP contribution in [0.4, 0.5) is 8.78 Å². The second-order valence-corrected chi connectivity index (χ2v) is 11.6. The summed E-state index contributed by atoms with van der Waals surface area (Å²) < 4.78 is 28.1. The number of halogens is 2. The number of nitrogens with one attached hydrogen (secondary N) is 1. The molecule has 2 heterocycles. The van der Waals surface area contributed by atoms with Crippen LogP contribution in [0.25, 0.3) is 28.0 Å². The second-order valence-electron chi connectivity index (χ2n) is 11.6. The van der Waals surface area contributed by atoms with E-state index in [0.29, 0.717) is 30.0 Å². The van der Waals surface area contributed by atoms with Gasteiger partial charge in [0.1, 0.15) is 17.2 Å². The number of benzene rings is 3. The van der Waals surface area contributed by atoms with Gasteiger partial charge in [0, 0.05) is 35.5 Å². The largest absolute Gasteiger partial charge is 0.478 e. The molecule has 1 aliphatic heterocycles. The zero-order valence-corrected chi connectivity index (χ0v) is 23.0. The molecule has 2 aliphatic rings. The van der Waals surface area contributed by atoms with Gasteiger partial charge in [-0.3, -0.25) is 4.79 Å². The summed E-state index contributed by atoms with van der Waals surface area (Å²) in [6, 6.07) is 16.0. The molecular weight excluding hydrogens is 524 g/mol. The van der Waals surface area contributed by atoms with Gasteiger partial charge >= 0.3 is 5.97 Å². The van der Waals surface area contributed by atoms with Crippen LogP contribution in [0.15, 0.2) is 78.4 Å².